The molecular weight excluding hydrogens is 424 g/mol. The zero-order valence-electron chi connectivity index (χ0n) is 18.5. The average Bonchev–Trinajstić information content (AvgIpc) is 3.05. The van der Waals surface area contributed by atoms with Crippen LogP contribution in [0.4, 0.5) is 0 Å². The van der Waals surface area contributed by atoms with Gasteiger partial charge in [0.1, 0.15) is 12.2 Å². The first kappa shape index (κ1) is 26.7. The van der Waals surface area contributed by atoms with Crippen LogP contribution < -0.4 is 19.5 Å². The quantitative estimate of drug-likeness (QED) is 0.361. The van der Waals surface area contributed by atoms with Crippen LogP contribution in [-0.2, 0) is 14.3 Å². The van der Waals surface area contributed by atoms with E-state index in [1.54, 1.807) is 12.1 Å². The molecule has 1 heterocycles. The predicted molar refractivity (Wildman–Crippen MR) is 115 cm³/mol. The molecule has 0 aliphatic carbocycles. The standard InChI is InChI=1S/C17H26N2O5.C4H4O4/c1-21-14-6-5-13(15(22-2)16(14)23-3)17(20)24-12-11-19-9-4-7-18-8-10-19;5-3(6)1-2-4(7)8/h5-6,18H,4,7-12H2,1-3H3;1-2H,(H,5,6)(H,7,8)/b;2-1-. The summed E-state index contributed by atoms with van der Waals surface area (Å²) < 4.78 is 21.2. The number of carbonyl (C=O) groups excluding carboxylic acids is 1. The Labute approximate surface area is 186 Å². The maximum atomic E-state index is 12.4. The molecule has 1 aromatic carbocycles. The van der Waals surface area contributed by atoms with Crippen LogP contribution in [0.5, 0.6) is 17.2 Å². The highest BCUT2D eigenvalue weighted by Gasteiger charge is 2.22. The molecule has 11 nitrogen and oxygen atoms in total. The average molecular weight is 454 g/mol. The summed E-state index contributed by atoms with van der Waals surface area (Å²) in [5.74, 6) is -1.74. The molecule has 1 aliphatic rings. The van der Waals surface area contributed by atoms with E-state index in [4.69, 9.17) is 29.2 Å². The van der Waals surface area contributed by atoms with E-state index in [9.17, 15) is 14.4 Å². The molecule has 1 aromatic rings. The van der Waals surface area contributed by atoms with E-state index in [-0.39, 0.29) is 0 Å². The summed E-state index contributed by atoms with van der Waals surface area (Å²) in [4.78, 5) is 33.8. The highest BCUT2D eigenvalue weighted by Crippen LogP contribution is 2.39. The van der Waals surface area contributed by atoms with Crippen molar-refractivity contribution >= 4 is 17.9 Å². The van der Waals surface area contributed by atoms with Gasteiger partial charge in [-0.1, -0.05) is 0 Å². The lowest BCUT2D eigenvalue weighted by molar-refractivity contribution is -0.134. The molecule has 0 saturated carbocycles. The third kappa shape index (κ3) is 9.23. The zero-order chi connectivity index (χ0) is 23.9. The molecule has 11 heteroatoms. The van der Waals surface area contributed by atoms with E-state index in [2.05, 4.69) is 10.2 Å². The molecule has 3 N–H and O–H groups in total. The van der Waals surface area contributed by atoms with Gasteiger partial charge >= 0.3 is 17.9 Å². The molecule has 0 aromatic heterocycles. The minimum absolute atomic E-state index is 0.320. The largest absolute Gasteiger partial charge is 0.493 e. The van der Waals surface area contributed by atoms with Gasteiger partial charge in [0.2, 0.25) is 5.75 Å². The molecule has 0 atom stereocenters. The fraction of sp³-hybridized carbons (Fsp3) is 0.476. The Kier molecular flexibility index (Phi) is 12.2. The van der Waals surface area contributed by atoms with Crippen molar-refractivity contribution in [3.8, 4) is 17.2 Å². The predicted octanol–water partition coefficient (Wildman–Crippen LogP) is 0.876. The van der Waals surface area contributed by atoms with Crippen LogP contribution in [-0.4, -0.2) is 93.7 Å². The van der Waals surface area contributed by atoms with Gasteiger partial charge in [-0.3, -0.25) is 4.90 Å². The van der Waals surface area contributed by atoms with Crippen molar-refractivity contribution in [3.05, 3.63) is 29.8 Å². The molecule has 0 spiro atoms. The Bertz CT molecular complexity index is 772. The number of hydrogen-bond acceptors (Lipinski definition) is 9. The van der Waals surface area contributed by atoms with Crippen molar-refractivity contribution in [2.45, 2.75) is 6.42 Å². The van der Waals surface area contributed by atoms with Crippen LogP contribution in [0.3, 0.4) is 0 Å². The minimum atomic E-state index is -1.26. The zero-order valence-corrected chi connectivity index (χ0v) is 18.5. The van der Waals surface area contributed by atoms with Gasteiger partial charge in [0, 0.05) is 31.8 Å². The number of carbonyl (C=O) groups is 3. The summed E-state index contributed by atoms with van der Waals surface area (Å²) >= 11 is 0. The lowest BCUT2D eigenvalue weighted by Gasteiger charge is -2.19. The second-order valence-corrected chi connectivity index (χ2v) is 6.47. The molecule has 0 radical (unpaired) electrons. The summed E-state index contributed by atoms with van der Waals surface area (Å²) in [6, 6.07) is 3.29. The van der Waals surface area contributed by atoms with Crippen LogP contribution in [0.1, 0.15) is 16.8 Å². The Balaban J connectivity index is 0.000000547. The molecule has 0 amide bonds. The van der Waals surface area contributed by atoms with Crippen molar-refractivity contribution < 1.29 is 43.5 Å². The number of benzene rings is 1. The first-order chi connectivity index (χ1) is 15.3. The van der Waals surface area contributed by atoms with Gasteiger partial charge in [-0.15, -0.1) is 0 Å². The van der Waals surface area contributed by atoms with Crippen molar-refractivity contribution in [2.24, 2.45) is 0 Å². The third-order valence-corrected chi connectivity index (χ3v) is 4.37. The Hall–Kier alpha value is -3.31. The summed E-state index contributed by atoms with van der Waals surface area (Å²) in [5, 5.41) is 19.0. The smallest absolute Gasteiger partial charge is 0.342 e. The normalized spacial score (nSPS) is 14.0. The molecule has 32 heavy (non-hydrogen) atoms. The topological polar surface area (TPSA) is 144 Å². The van der Waals surface area contributed by atoms with Gasteiger partial charge in [-0.2, -0.15) is 0 Å². The van der Waals surface area contributed by atoms with E-state index in [0.717, 1.165) is 39.1 Å². The van der Waals surface area contributed by atoms with Crippen LogP contribution in [0.2, 0.25) is 0 Å². The number of ether oxygens (including phenoxy) is 4. The number of hydrogen-bond donors (Lipinski definition) is 3. The Morgan fingerprint density at radius 1 is 0.969 bits per heavy atom. The number of esters is 1. The number of aliphatic carboxylic acids is 2. The molecule has 178 valence electrons. The van der Waals surface area contributed by atoms with Crippen LogP contribution in [0.15, 0.2) is 24.3 Å². The minimum Gasteiger partial charge on any atom is -0.493 e. The number of carboxylic acid groups (broad SMARTS) is 2. The molecule has 1 saturated heterocycles. The van der Waals surface area contributed by atoms with E-state index < -0.39 is 17.9 Å². The number of carboxylic acids is 2. The third-order valence-electron chi connectivity index (χ3n) is 4.37. The number of methoxy groups -OCH3 is 3. The highest BCUT2D eigenvalue weighted by molar-refractivity contribution is 5.94. The monoisotopic (exact) mass is 454 g/mol. The van der Waals surface area contributed by atoms with Gasteiger partial charge in [-0.05, 0) is 31.6 Å². The first-order valence-corrected chi connectivity index (χ1v) is 9.87. The molecule has 1 fully saturated rings. The molecule has 2 rings (SSSR count). The number of rotatable bonds is 9. The second kappa shape index (κ2) is 14.7. The highest BCUT2D eigenvalue weighted by atomic mass is 16.5. The fourth-order valence-corrected chi connectivity index (χ4v) is 2.88. The lowest BCUT2D eigenvalue weighted by atomic mass is 10.1. The molecule has 0 unspecified atom stereocenters. The van der Waals surface area contributed by atoms with Gasteiger partial charge < -0.3 is 34.5 Å². The summed E-state index contributed by atoms with van der Waals surface area (Å²) in [5.41, 5.74) is 0.327. The van der Waals surface area contributed by atoms with Crippen LogP contribution >= 0.6 is 0 Å². The van der Waals surface area contributed by atoms with Gasteiger partial charge in [0.15, 0.2) is 11.5 Å². The van der Waals surface area contributed by atoms with Gasteiger partial charge in [0.05, 0.1) is 21.3 Å². The van der Waals surface area contributed by atoms with Crippen molar-refractivity contribution in [1.29, 1.82) is 0 Å². The SMILES string of the molecule is COc1ccc(C(=O)OCCN2CCCNCC2)c(OC)c1OC.O=C(O)/C=C\C(=O)O. The van der Waals surface area contributed by atoms with Crippen molar-refractivity contribution in [3.63, 3.8) is 0 Å². The van der Waals surface area contributed by atoms with E-state index >= 15 is 0 Å². The molecule has 0 bridgehead atoms. The lowest BCUT2D eigenvalue weighted by Crippen LogP contribution is -2.31. The Morgan fingerprint density at radius 3 is 2.19 bits per heavy atom. The summed E-state index contributed by atoms with van der Waals surface area (Å²) in [6.45, 7) is 5.07. The maximum absolute atomic E-state index is 12.4. The van der Waals surface area contributed by atoms with Crippen molar-refractivity contribution in [2.75, 3.05) is 60.7 Å². The molecule has 1 aliphatic heterocycles. The van der Waals surface area contributed by atoms with E-state index in [1.807, 2.05) is 0 Å². The number of nitrogens with zero attached hydrogens (tertiary/aromatic N) is 1. The second-order valence-electron chi connectivity index (χ2n) is 6.47. The van der Waals surface area contributed by atoms with Crippen molar-refractivity contribution in [1.82, 2.24) is 10.2 Å². The fourth-order valence-electron chi connectivity index (χ4n) is 2.88. The molecular formula is C21H30N2O9. The summed E-state index contributed by atoms with van der Waals surface area (Å²) in [7, 11) is 4.52. The summed E-state index contributed by atoms with van der Waals surface area (Å²) in [6.07, 6.45) is 2.22. The van der Waals surface area contributed by atoms with Crippen LogP contribution in [0.25, 0.3) is 0 Å². The van der Waals surface area contributed by atoms with E-state index in [0.29, 0.717) is 41.6 Å². The van der Waals surface area contributed by atoms with Gasteiger partial charge in [-0.25, -0.2) is 14.4 Å². The number of nitrogens with one attached hydrogen (secondary N) is 1. The first-order valence-electron chi connectivity index (χ1n) is 9.87. The van der Waals surface area contributed by atoms with Crippen LogP contribution in [0, 0.1) is 0 Å². The maximum Gasteiger partial charge on any atom is 0.342 e. The van der Waals surface area contributed by atoms with Gasteiger partial charge in [0.25, 0.3) is 0 Å². The van der Waals surface area contributed by atoms with E-state index in [1.165, 1.54) is 21.3 Å². The Morgan fingerprint density at radius 2 is 1.62 bits per heavy atom.